The maximum absolute atomic E-state index is 13.0. The fourth-order valence-corrected chi connectivity index (χ4v) is 17.1. The molecule has 5 heteroatoms. The van der Waals surface area contributed by atoms with E-state index in [9.17, 15) is 15.0 Å². The van der Waals surface area contributed by atoms with Crippen LogP contribution in [-0.4, -0.2) is 41.8 Å². The summed E-state index contributed by atoms with van der Waals surface area (Å²) in [6.45, 7) is 15.6. The number of benzene rings is 1. The number of unbranched alkanes of at least 4 members (excludes halogenated alkanes) is 3. The van der Waals surface area contributed by atoms with Crippen molar-refractivity contribution >= 4 is 5.97 Å². The van der Waals surface area contributed by atoms with Crippen LogP contribution in [0, 0.1) is 68.0 Å². The van der Waals surface area contributed by atoms with Gasteiger partial charge in [0, 0.05) is 24.9 Å². The van der Waals surface area contributed by atoms with Crippen LogP contribution in [-0.2, 0) is 27.1 Å². The van der Waals surface area contributed by atoms with Crippen LogP contribution in [0.15, 0.2) is 24.3 Å². The van der Waals surface area contributed by atoms with Crippen molar-refractivity contribution in [2.75, 3.05) is 13.7 Å². The zero-order valence-corrected chi connectivity index (χ0v) is 35.3. The van der Waals surface area contributed by atoms with Gasteiger partial charge in [-0.1, -0.05) is 91.0 Å². The van der Waals surface area contributed by atoms with Crippen molar-refractivity contribution in [2.24, 2.45) is 68.0 Å². The Hall–Kier alpha value is -1.43. The highest BCUT2D eigenvalue weighted by Gasteiger charge is 2.80. The van der Waals surface area contributed by atoms with Gasteiger partial charge in [-0.05, 0) is 159 Å². The molecule has 54 heavy (non-hydrogen) atoms. The maximum Gasteiger partial charge on any atom is 0.309 e. The molecule has 14 atom stereocenters. The molecule has 1 aromatic rings. The zero-order chi connectivity index (χ0) is 38.4. The number of aliphatic carboxylic acids is 1. The highest BCUT2D eigenvalue weighted by atomic mass is 16.6. The summed E-state index contributed by atoms with van der Waals surface area (Å²) in [5.41, 5.74) is 2.83. The van der Waals surface area contributed by atoms with Crippen molar-refractivity contribution in [3.05, 3.63) is 35.4 Å². The molecule has 7 aliphatic rings. The molecule has 0 unspecified atom stereocenters. The maximum atomic E-state index is 13.0. The average Bonchev–Trinajstić information content (AvgIpc) is 3.27. The normalized spacial score (nSPS) is 48.8. The summed E-state index contributed by atoms with van der Waals surface area (Å²) in [4.78, 5) is 13.0. The van der Waals surface area contributed by atoms with Gasteiger partial charge in [0.25, 0.3) is 0 Å². The second kappa shape index (κ2) is 13.9. The third-order valence-electron chi connectivity index (χ3n) is 19.5. The van der Waals surface area contributed by atoms with Crippen LogP contribution in [0.1, 0.15) is 168 Å². The number of carboxylic acid groups (broad SMARTS) is 1. The minimum Gasteiger partial charge on any atom is -0.481 e. The van der Waals surface area contributed by atoms with Gasteiger partial charge in [0.05, 0.1) is 18.1 Å². The summed E-state index contributed by atoms with van der Waals surface area (Å²) < 4.78 is 12.6. The van der Waals surface area contributed by atoms with E-state index in [1.165, 1.54) is 88.2 Å². The largest absolute Gasteiger partial charge is 0.481 e. The standard InChI is InChI=1S/C49H76O5/c1-8-10-11-12-22-47-31-36-19-18-35-30-49(52)38(13-9-2)48(40(54-49)29-34-16-14-33(15-17-34)21-28-53-7)23-20-37(46(36,6)41(35)48)45(47,5)27-26-43(3)24-25-44(4,42(50)51)32-39(43)47/h14-17,35-41,52H,8-13,18-32H2,1-7H3,(H,50,51)/t35-,36-,37-,38-,39-,40-,41+,43+,44-,45-,46-,47+,48+,49-/m1/s1. The first-order valence-corrected chi connectivity index (χ1v) is 22.9. The quantitative estimate of drug-likeness (QED) is 0.197. The minimum atomic E-state index is -1.02. The molecule has 0 aromatic heterocycles. The molecule has 1 heterocycles. The topological polar surface area (TPSA) is 76.0 Å². The molecule has 2 bridgehead atoms. The predicted molar refractivity (Wildman–Crippen MR) is 216 cm³/mol. The molecule has 6 saturated carbocycles. The van der Waals surface area contributed by atoms with Crippen molar-refractivity contribution in [1.29, 1.82) is 0 Å². The van der Waals surface area contributed by atoms with Crippen LogP contribution in [0.3, 0.4) is 0 Å². The Bertz CT molecular complexity index is 1540. The molecular formula is C49H76O5. The molecule has 6 aliphatic carbocycles. The number of aliphatic hydroxyl groups is 1. The highest BCUT2D eigenvalue weighted by Crippen LogP contribution is 2.84. The van der Waals surface area contributed by atoms with Crippen molar-refractivity contribution in [3.8, 4) is 0 Å². The lowest BCUT2D eigenvalue weighted by atomic mass is 9.25. The summed E-state index contributed by atoms with van der Waals surface area (Å²) in [5, 5.41) is 23.4. The van der Waals surface area contributed by atoms with Crippen LogP contribution in [0.2, 0.25) is 0 Å². The lowest BCUT2D eigenvalue weighted by Gasteiger charge is -2.79. The van der Waals surface area contributed by atoms with Gasteiger partial charge in [0.1, 0.15) is 0 Å². The zero-order valence-electron chi connectivity index (χ0n) is 35.3. The summed E-state index contributed by atoms with van der Waals surface area (Å²) >= 11 is 0. The van der Waals surface area contributed by atoms with Crippen LogP contribution in [0.4, 0.5) is 0 Å². The molecule has 302 valence electrons. The monoisotopic (exact) mass is 745 g/mol. The van der Waals surface area contributed by atoms with Crippen molar-refractivity contribution in [3.63, 3.8) is 0 Å². The third-order valence-corrected chi connectivity index (χ3v) is 19.5. The van der Waals surface area contributed by atoms with Gasteiger partial charge >= 0.3 is 5.97 Å². The first kappa shape index (κ1) is 39.4. The lowest BCUT2D eigenvalue weighted by molar-refractivity contribution is -0.316. The molecule has 1 saturated heterocycles. The lowest BCUT2D eigenvalue weighted by Crippen LogP contribution is -2.74. The van der Waals surface area contributed by atoms with Gasteiger partial charge in [0.2, 0.25) is 0 Å². The molecular weight excluding hydrogens is 669 g/mol. The first-order valence-electron chi connectivity index (χ1n) is 22.9. The minimum absolute atomic E-state index is 0.0142. The number of carbonyl (C=O) groups is 1. The average molecular weight is 745 g/mol. The molecule has 0 amide bonds. The predicted octanol–water partition coefficient (Wildman–Crippen LogP) is 11.4. The Morgan fingerprint density at radius 2 is 1.59 bits per heavy atom. The van der Waals surface area contributed by atoms with Crippen LogP contribution in [0.25, 0.3) is 0 Å². The second-order valence-corrected chi connectivity index (χ2v) is 21.7. The number of ether oxygens (including phenoxy) is 2. The number of fused-ring (bicyclic) bond motifs is 5. The summed E-state index contributed by atoms with van der Waals surface area (Å²) in [7, 11) is 1.77. The Balaban J connectivity index is 1.21. The summed E-state index contributed by atoms with van der Waals surface area (Å²) in [6.07, 6.45) is 22.7. The smallest absolute Gasteiger partial charge is 0.309 e. The van der Waals surface area contributed by atoms with E-state index >= 15 is 0 Å². The van der Waals surface area contributed by atoms with E-state index in [1.54, 1.807) is 7.11 Å². The van der Waals surface area contributed by atoms with Gasteiger partial charge in [-0.3, -0.25) is 4.79 Å². The van der Waals surface area contributed by atoms with Crippen LogP contribution >= 0.6 is 0 Å². The van der Waals surface area contributed by atoms with E-state index in [0.717, 1.165) is 58.0 Å². The highest BCUT2D eigenvalue weighted by molar-refractivity contribution is 5.74. The van der Waals surface area contributed by atoms with Crippen LogP contribution in [0.5, 0.6) is 0 Å². The number of hydrogen-bond acceptors (Lipinski definition) is 4. The van der Waals surface area contributed by atoms with E-state index in [0.29, 0.717) is 29.6 Å². The van der Waals surface area contributed by atoms with Gasteiger partial charge < -0.3 is 19.7 Å². The molecule has 5 nitrogen and oxygen atoms in total. The van der Waals surface area contributed by atoms with E-state index in [2.05, 4.69) is 65.8 Å². The van der Waals surface area contributed by atoms with Gasteiger partial charge in [-0.15, -0.1) is 0 Å². The van der Waals surface area contributed by atoms with Crippen molar-refractivity contribution < 1.29 is 24.5 Å². The van der Waals surface area contributed by atoms with Crippen molar-refractivity contribution in [2.45, 2.75) is 182 Å². The number of hydrogen-bond donors (Lipinski definition) is 2. The number of rotatable bonds is 13. The molecule has 1 aromatic carbocycles. The Kier molecular flexibility index (Phi) is 10.1. The molecule has 8 rings (SSSR count). The fraction of sp³-hybridized carbons (Fsp3) is 0.857. The fourth-order valence-electron chi connectivity index (χ4n) is 17.1. The first-order chi connectivity index (χ1) is 25.7. The van der Waals surface area contributed by atoms with E-state index < -0.39 is 17.2 Å². The number of methoxy groups -OCH3 is 1. The molecule has 0 radical (unpaired) electrons. The molecule has 2 N–H and O–H groups in total. The molecule has 1 spiro atoms. The third kappa shape index (κ3) is 5.48. The SMILES string of the molecule is CCCCCC[C@@]12C[C@H]3CC[C@@H]4C[C@@]5(O)O[C@H](Cc6ccc(CCOC)cc6)[C@]6(CC[C@@H]([C@]3(C)[C@H]46)[C@@]1(C)CC[C@]1(C)CC[C@@](C)(C(=O)O)C[C@H]12)[C@H]5CCC. The second-order valence-electron chi connectivity index (χ2n) is 21.7. The Morgan fingerprint density at radius 1 is 0.852 bits per heavy atom. The van der Waals surface area contributed by atoms with Gasteiger partial charge in [0.15, 0.2) is 5.79 Å². The van der Waals surface area contributed by atoms with E-state index in [1.807, 2.05) is 0 Å². The Morgan fingerprint density at radius 3 is 2.30 bits per heavy atom. The van der Waals surface area contributed by atoms with Crippen molar-refractivity contribution in [1.82, 2.24) is 0 Å². The van der Waals surface area contributed by atoms with Gasteiger partial charge in [-0.2, -0.15) is 0 Å². The van der Waals surface area contributed by atoms with Gasteiger partial charge in [-0.25, -0.2) is 0 Å². The number of carboxylic acids is 1. The van der Waals surface area contributed by atoms with E-state index in [-0.39, 0.29) is 39.1 Å². The van der Waals surface area contributed by atoms with Crippen LogP contribution < -0.4 is 0 Å². The molecule has 1 aliphatic heterocycles. The Labute approximate surface area is 328 Å². The summed E-state index contributed by atoms with van der Waals surface area (Å²) in [5.74, 6) is 1.43. The summed E-state index contributed by atoms with van der Waals surface area (Å²) in [6, 6.07) is 9.21. The molecule has 7 fully saturated rings. The van der Waals surface area contributed by atoms with E-state index in [4.69, 9.17) is 9.47 Å².